The van der Waals surface area contributed by atoms with Crippen LogP contribution < -0.4 is 5.73 Å². The summed E-state index contributed by atoms with van der Waals surface area (Å²) in [6.07, 6.45) is 3.61. The predicted octanol–water partition coefficient (Wildman–Crippen LogP) is 3.01. The summed E-state index contributed by atoms with van der Waals surface area (Å²) in [7, 11) is 0. The smallest absolute Gasteiger partial charge is 0.123 e. The van der Waals surface area contributed by atoms with Crippen LogP contribution in [0.1, 0.15) is 43.4 Å². The molecule has 0 bridgehead atoms. The van der Waals surface area contributed by atoms with Gasteiger partial charge in [0, 0.05) is 18.6 Å². The van der Waals surface area contributed by atoms with Crippen molar-refractivity contribution >= 4 is 0 Å². The second-order valence-electron chi connectivity index (χ2n) is 5.19. The van der Waals surface area contributed by atoms with E-state index in [1.807, 2.05) is 13.0 Å². The van der Waals surface area contributed by atoms with Gasteiger partial charge >= 0.3 is 0 Å². The van der Waals surface area contributed by atoms with Crippen molar-refractivity contribution in [3.63, 3.8) is 0 Å². The van der Waals surface area contributed by atoms with Gasteiger partial charge in [0.2, 0.25) is 0 Å². The molecule has 2 N–H and O–H groups in total. The van der Waals surface area contributed by atoms with E-state index < -0.39 is 0 Å². The number of halogens is 1. The Hall–Kier alpha value is -0.930. The predicted molar refractivity (Wildman–Crippen MR) is 73.0 cm³/mol. The molecule has 1 aromatic rings. The van der Waals surface area contributed by atoms with Crippen molar-refractivity contribution in [2.24, 2.45) is 5.73 Å². The highest BCUT2D eigenvalue weighted by Gasteiger charge is 2.30. The van der Waals surface area contributed by atoms with Crippen LogP contribution in [-0.2, 0) is 0 Å². The largest absolute Gasteiger partial charge is 0.329 e. The molecule has 3 heteroatoms. The second-order valence-corrected chi connectivity index (χ2v) is 5.19. The van der Waals surface area contributed by atoms with Gasteiger partial charge in [0.15, 0.2) is 0 Å². The summed E-state index contributed by atoms with van der Waals surface area (Å²) in [6.45, 7) is 5.89. The van der Waals surface area contributed by atoms with Crippen LogP contribution in [0.4, 0.5) is 4.39 Å². The number of aryl methyl sites for hydroxylation is 1. The molecule has 1 aromatic carbocycles. The first-order valence-corrected chi connectivity index (χ1v) is 6.89. The third-order valence-electron chi connectivity index (χ3n) is 4.12. The first-order chi connectivity index (χ1) is 8.67. The maximum atomic E-state index is 13.5. The summed E-state index contributed by atoms with van der Waals surface area (Å²) in [5.74, 6) is -0.165. The number of hydrogen-bond donors (Lipinski definition) is 1. The van der Waals surface area contributed by atoms with Gasteiger partial charge in [-0.1, -0.05) is 13.0 Å². The first kappa shape index (κ1) is 13.5. The third-order valence-corrected chi connectivity index (χ3v) is 4.12. The fourth-order valence-electron chi connectivity index (χ4n) is 3.12. The molecule has 0 amide bonds. The van der Waals surface area contributed by atoms with Crippen LogP contribution in [0.2, 0.25) is 0 Å². The van der Waals surface area contributed by atoms with E-state index in [0.717, 1.165) is 24.1 Å². The Balaban J connectivity index is 2.30. The summed E-state index contributed by atoms with van der Waals surface area (Å²) in [6, 6.07) is 5.78. The van der Waals surface area contributed by atoms with Gasteiger partial charge in [-0.3, -0.25) is 4.90 Å². The molecule has 1 aliphatic rings. The van der Waals surface area contributed by atoms with Crippen molar-refractivity contribution in [2.75, 3.05) is 13.1 Å². The minimum Gasteiger partial charge on any atom is -0.329 e. The minimum absolute atomic E-state index is 0.160. The van der Waals surface area contributed by atoms with Crippen LogP contribution in [-0.4, -0.2) is 24.0 Å². The molecule has 1 fully saturated rings. The van der Waals surface area contributed by atoms with Gasteiger partial charge in [-0.15, -0.1) is 0 Å². The zero-order valence-electron chi connectivity index (χ0n) is 11.3. The van der Waals surface area contributed by atoms with Crippen molar-refractivity contribution in [2.45, 2.75) is 45.2 Å². The van der Waals surface area contributed by atoms with E-state index in [-0.39, 0.29) is 11.9 Å². The number of nitrogens with two attached hydrogens (primary N) is 1. The molecular weight excluding hydrogens is 227 g/mol. The lowest BCUT2D eigenvalue weighted by Gasteiger charge is -2.33. The lowest BCUT2D eigenvalue weighted by atomic mass is 9.98. The molecule has 2 unspecified atom stereocenters. The Morgan fingerprint density at radius 2 is 2.28 bits per heavy atom. The standard InChI is InChI=1S/C15H23FN2/c1-3-13-5-4-8-18(13)15(10-17)14-9-12(16)7-6-11(14)2/h6-7,9,13,15H,3-5,8,10,17H2,1-2H3. The topological polar surface area (TPSA) is 29.3 Å². The van der Waals surface area contributed by atoms with Crippen molar-refractivity contribution < 1.29 is 4.39 Å². The zero-order chi connectivity index (χ0) is 13.1. The first-order valence-electron chi connectivity index (χ1n) is 6.89. The summed E-state index contributed by atoms with van der Waals surface area (Å²) in [4.78, 5) is 2.46. The molecule has 0 saturated carbocycles. The average Bonchev–Trinajstić information content (AvgIpc) is 2.83. The van der Waals surface area contributed by atoms with E-state index in [0.29, 0.717) is 12.6 Å². The monoisotopic (exact) mass is 250 g/mol. The van der Waals surface area contributed by atoms with Crippen LogP contribution in [0.25, 0.3) is 0 Å². The van der Waals surface area contributed by atoms with Crippen LogP contribution in [0.5, 0.6) is 0 Å². The van der Waals surface area contributed by atoms with E-state index in [1.54, 1.807) is 6.07 Å². The number of nitrogens with zero attached hydrogens (tertiary/aromatic N) is 1. The third kappa shape index (κ3) is 2.57. The summed E-state index contributed by atoms with van der Waals surface area (Å²) < 4.78 is 13.5. The SMILES string of the molecule is CCC1CCCN1C(CN)c1cc(F)ccc1C. The van der Waals surface area contributed by atoms with Gasteiger partial charge in [0.1, 0.15) is 5.82 Å². The number of rotatable bonds is 4. The molecule has 1 aliphatic heterocycles. The normalized spacial score (nSPS) is 22.3. The summed E-state index contributed by atoms with van der Waals surface area (Å²) in [5, 5.41) is 0. The van der Waals surface area contributed by atoms with Gasteiger partial charge in [0.05, 0.1) is 0 Å². The number of hydrogen-bond acceptors (Lipinski definition) is 2. The van der Waals surface area contributed by atoms with Gasteiger partial charge in [-0.05, 0) is 56.0 Å². The lowest BCUT2D eigenvalue weighted by Crippen LogP contribution is -2.37. The Kier molecular flexibility index (Phi) is 4.36. The van der Waals surface area contributed by atoms with Crippen molar-refractivity contribution in [3.8, 4) is 0 Å². The molecule has 0 aliphatic carbocycles. The van der Waals surface area contributed by atoms with E-state index in [4.69, 9.17) is 5.73 Å². The molecule has 1 heterocycles. The zero-order valence-corrected chi connectivity index (χ0v) is 11.3. The van der Waals surface area contributed by atoms with E-state index in [2.05, 4.69) is 11.8 Å². The highest BCUT2D eigenvalue weighted by molar-refractivity contribution is 5.30. The Bertz CT molecular complexity index is 405. The van der Waals surface area contributed by atoms with Crippen LogP contribution in [0, 0.1) is 12.7 Å². The van der Waals surface area contributed by atoms with Crippen LogP contribution >= 0.6 is 0 Å². The van der Waals surface area contributed by atoms with Crippen molar-refractivity contribution in [1.29, 1.82) is 0 Å². The number of benzene rings is 1. The molecule has 18 heavy (non-hydrogen) atoms. The Morgan fingerprint density at radius 3 is 2.94 bits per heavy atom. The Labute approximate surface area is 109 Å². The van der Waals surface area contributed by atoms with Gasteiger partial charge in [0.25, 0.3) is 0 Å². The minimum atomic E-state index is -0.165. The highest BCUT2D eigenvalue weighted by Crippen LogP contribution is 2.32. The molecule has 0 spiro atoms. The molecular formula is C15H23FN2. The molecule has 0 aromatic heterocycles. The fraction of sp³-hybridized carbons (Fsp3) is 0.600. The van der Waals surface area contributed by atoms with E-state index in [9.17, 15) is 4.39 Å². The van der Waals surface area contributed by atoms with Crippen molar-refractivity contribution in [1.82, 2.24) is 4.90 Å². The molecule has 100 valence electrons. The van der Waals surface area contributed by atoms with E-state index in [1.165, 1.54) is 18.9 Å². The summed E-state index contributed by atoms with van der Waals surface area (Å²) >= 11 is 0. The molecule has 2 rings (SSSR count). The molecule has 2 atom stereocenters. The average molecular weight is 250 g/mol. The van der Waals surface area contributed by atoms with Crippen LogP contribution in [0.3, 0.4) is 0 Å². The molecule has 1 saturated heterocycles. The maximum Gasteiger partial charge on any atom is 0.123 e. The fourth-order valence-corrected chi connectivity index (χ4v) is 3.12. The van der Waals surface area contributed by atoms with Crippen molar-refractivity contribution in [3.05, 3.63) is 35.1 Å². The highest BCUT2D eigenvalue weighted by atomic mass is 19.1. The van der Waals surface area contributed by atoms with Gasteiger partial charge in [-0.2, -0.15) is 0 Å². The summed E-state index contributed by atoms with van der Waals surface area (Å²) in [5.41, 5.74) is 8.14. The Morgan fingerprint density at radius 1 is 1.50 bits per heavy atom. The second kappa shape index (κ2) is 5.81. The number of likely N-dealkylation sites (tertiary alicyclic amines) is 1. The van der Waals surface area contributed by atoms with Crippen LogP contribution in [0.15, 0.2) is 18.2 Å². The van der Waals surface area contributed by atoms with Gasteiger partial charge in [-0.25, -0.2) is 4.39 Å². The molecule has 0 radical (unpaired) electrons. The quantitative estimate of drug-likeness (QED) is 0.890. The molecule has 2 nitrogen and oxygen atoms in total. The van der Waals surface area contributed by atoms with E-state index >= 15 is 0 Å². The lowest BCUT2D eigenvalue weighted by molar-refractivity contribution is 0.179. The maximum absolute atomic E-state index is 13.5. The van der Waals surface area contributed by atoms with Gasteiger partial charge < -0.3 is 5.73 Å².